The average molecular weight is 245 g/mol. The van der Waals surface area contributed by atoms with Crippen molar-refractivity contribution in [1.82, 2.24) is 15.5 Å². The SMILES string of the molecule is N#CCCNC(=O)c1cc(Cl)nnc1Cl. The number of hydrogen-bond donors (Lipinski definition) is 1. The molecule has 0 aliphatic rings. The Balaban J connectivity index is 2.73. The normalized spacial score (nSPS) is 9.40. The van der Waals surface area contributed by atoms with Crippen LogP contribution in [0, 0.1) is 11.3 Å². The third kappa shape index (κ3) is 3.35. The van der Waals surface area contributed by atoms with E-state index < -0.39 is 5.91 Å². The van der Waals surface area contributed by atoms with Crippen molar-refractivity contribution < 1.29 is 4.79 Å². The quantitative estimate of drug-likeness (QED) is 0.817. The molecule has 0 spiro atoms. The lowest BCUT2D eigenvalue weighted by molar-refractivity contribution is 0.0954. The first-order valence-corrected chi connectivity index (χ1v) is 4.74. The number of amides is 1. The Kier molecular flexibility index (Phi) is 4.28. The van der Waals surface area contributed by atoms with Crippen molar-refractivity contribution in [1.29, 1.82) is 5.26 Å². The smallest absolute Gasteiger partial charge is 0.254 e. The molecule has 1 amide bonds. The molecule has 15 heavy (non-hydrogen) atoms. The highest BCUT2D eigenvalue weighted by molar-refractivity contribution is 6.34. The summed E-state index contributed by atoms with van der Waals surface area (Å²) >= 11 is 11.2. The molecule has 1 rings (SSSR count). The van der Waals surface area contributed by atoms with Gasteiger partial charge in [-0.25, -0.2) is 0 Å². The Morgan fingerprint density at radius 1 is 1.53 bits per heavy atom. The number of carbonyl (C=O) groups is 1. The van der Waals surface area contributed by atoms with Crippen molar-refractivity contribution in [3.05, 3.63) is 21.9 Å². The zero-order valence-corrected chi connectivity index (χ0v) is 9.01. The number of halogens is 2. The molecule has 1 heterocycles. The lowest BCUT2D eigenvalue weighted by atomic mass is 10.3. The monoisotopic (exact) mass is 244 g/mol. The molecular formula is C8H6Cl2N4O. The maximum Gasteiger partial charge on any atom is 0.254 e. The average Bonchev–Trinajstić information content (AvgIpc) is 2.22. The van der Waals surface area contributed by atoms with Crippen LogP contribution >= 0.6 is 23.2 Å². The third-order valence-corrected chi connectivity index (χ3v) is 1.95. The predicted octanol–water partition coefficient (Wildman–Crippen LogP) is 1.43. The summed E-state index contributed by atoms with van der Waals surface area (Å²) in [7, 11) is 0. The van der Waals surface area contributed by atoms with Crippen molar-refractivity contribution in [2.75, 3.05) is 6.54 Å². The van der Waals surface area contributed by atoms with Gasteiger partial charge in [0.25, 0.3) is 5.91 Å². The Bertz CT molecular complexity index is 416. The van der Waals surface area contributed by atoms with E-state index in [1.54, 1.807) is 0 Å². The highest BCUT2D eigenvalue weighted by Crippen LogP contribution is 2.14. The van der Waals surface area contributed by atoms with Crippen LogP contribution in [0.25, 0.3) is 0 Å². The molecule has 78 valence electrons. The highest BCUT2D eigenvalue weighted by atomic mass is 35.5. The second kappa shape index (κ2) is 5.49. The Morgan fingerprint density at radius 2 is 2.27 bits per heavy atom. The van der Waals surface area contributed by atoms with Crippen LogP contribution in [0.4, 0.5) is 0 Å². The van der Waals surface area contributed by atoms with Crippen LogP contribution < -0.4 is 5.32 Å². The minimum atomic E-state index is -0.424. The Morgan fingerprint density at radius 3 is 2.93 bits per heavy atom. The molecular weight excluding hydrogens is 239 g/mol. The number of carbonyl (C=O) groups excluding carboxylic acids is 1. The number of nitrogens with zero attached hydrogens (tertiary/aromatic N) is 3. The van der Waals surface area contributed by atoms with E-state index in [0.717, 1.165) is 0 Å². The molecule has 0 atom stereocenters. The summed E-state index contributed by atoms with van der Waals surface area (Å²) in [5, 5.41) is 17.8. The van der Waals surface area contributed by atoms with Crippen LogP contribution in [0.1, 0.15) is 16.8 Å². The van der Waals surface area contributed by atoms with E-state index in [1.165, 1.54) is 6.07 Å². The van der Waals surface area contributed by atoms with Gasteiger partial charge in [-0.3, -0.25) is 4.79 Å². The van der Waals surface area contributed by atoms with Gasteiger partial charge in [0.15, 0.2) is 10.3 Å². The van der Waals surface area contributed by atoms with Crippen molar-refractivity contribution in [3.8, 4) is 6.07 Å². The van der Waals surface area contributed by atoms with E-state index in [0.29, 0.717) is 0 Å². The van der Waals surface area contributed by atoms with Crippen LogP contribution in [-0.2, 0) is 0 Å². The molecule has 0 unspecified atom stereocenters. The number of hydrogen-bond acceptors (Lipinski definition) is 4. The summed E-state index contributed by atoms with van der Waals surface area (Å²) in [4.78, 5) is 11.5. The molecule has 0 saturated carbocycles. The molecule has 0 saturated heterocycles. The minimum absolute atomic E-state index is 0.0196. The van der Waals surface area contributed by atoms with Crippen molar-refractivity contribution >= 4 is 29.1 Å². The predicted molar refractivity (Wildman–Crippen MR) is 54.6 cm³/mol. The van der Waals surface area contributed by atoms with Gasteiger partial charge in [0.05, 0.1) is 18.1 Å². The molecule has 1 aromatic heterocycles. The molecule has 5 nitrogen and oxygen atoms in total. The number of aromatic nitrogens is 2. The Labute approximate surface area is 96.0 Å². The summed E-state index contributed by atoms with van der Waals surface area (Å²) in [6, 6.07) is 3.22. The zero-order valence-electron chi connectivity index (χ0n) is 7.50. The zero-order chi connectivity index (χ0) is 11.3. The van der Waals surface area contributed by atoms with Gasteiger partial charge in [-0.1, -0.05) is 23.2 Å². The molecule has 0 aliphatic carbocycles. The maximum atomic E-state index is 11.5. The molecule has 7 heteroatoms. The lowest BCUT2D eigenvalue weighted by Gasteiger charge is -2.03. The van der Waals surface area contributed by atoms with Gasteiger partial charge in [-0.2, -0.15) is 5.26 Å². The third-order valence-electron chi connectivity index (χ3n) is 1.49. The molecule has 0 aromatic carbocycles. The first-order valence-electron chi connectivity index (χ1n) is 3.99. The van der Waals surface area contributed by atoms with E-state index in [4.69, 9.17) is 28.5 Å². The van der Waals surface area contributed by atoms with Crippen LogP contribution in [0.3, 0.4) is 0 Å². The number of nitriles is 1. The van der Waals surface area contributed by atoms with E-state index >= 15 is 0 Å². The van der Waals surface area contributed by atoms with Gasteiger partial charge >= 0.3 is 0 Å². The highest BCUT2D eigenvalue weighted by Gasteiger charge is 2.12. The van der Waals surface area contributed by atoms with Crippen molar-refractivity contribution in [2.45, 2.75) is 6.42 Å². The summed E-state index contributed by atoms with van der Waals surface area (Å²) in [6.45, 7) is 0.256. The first-order chi connectivity index (χ1) is 7.15. The first kappa shape index (κ1) is 11.7. The van der Waals surface area contributed by atoms with Gasteiger partial charge in [-0.05, 0) is 6.07 Å². The minimum Gasteiger partial charge on any atom is -0.351 e. The topological polar surface area (TPSA) is 78.7 Å². The molecule has 0 radical (unpaired) electrons. The second-order valence-corrected chi connectivity index (χ2v) is 3.28. The van der Waals surface area contributed by atoms with Gasteiger partial charge < -0.3 is 5.32 Å². The summed E-state index contributed by atoms with van der Waals surface area (Å²) in [5.74, 6) is -0.424. The fraction of sp³-hybridized carbons (Fsp3) is 0.250. The summed E-state index contributed by atoms with van der Waals surface area (Å²) in [5.41, 5.74) is 0.148. The fourth-order valence-electron chi connectivity index (χ4n) is 0.839. The molecule has 1 N–H and O–H groups in total. The maximum absolute atomic E-state index is 11.5. The van der Waals surface area contributed by atoms with Gasteiger partial charge in [-0.15, -0.1) is 10.2 Å². The molecule has 0 bridgehead atoms. The van der Waals surface area contributed by atoms with Gasteiger partial charge in [0.1, 0.15) is 0 Å². The molecule has 1 aromatic rings. The summed E-state index contributed by atoms with van der Waals surface area (Å²) in [6.07, 6.45) is 0.232. The van der Waals surface area contributed by atoms with E-state index in [2.05, 4.69) is 15.5 Å². The van der Waals surface area contributed by atoms with Gasteiger partial charge in [0, 0.05) is 6.54 Å². The van der Waals surface area contributed by atoms with Crippen molar-refractivity contribution in [2.24, 2.45) is 0 Å². The van der Waals surface area contributed by atoms with E-state index in [9.17, 15) is 4.79 Å². The summed E-state index contributed by atoms with van der Waals surface area (Å²) < 4.78 is 0. The number of nitrogens with one attached hydrogen (secondary N) is 1. The van der Waals surface area contributed by atoms with E-state index in [1.807, 2.05) is 6.07 Å². The number of rotatable bonds is 3. The largest absolute Gasteiger partial charge is 0.351 e. The van der Waals surface area contributed by atoms with Crippen LogP contribution in [0.2, 0.25) is 10.3 Å². The van der Waals surface area contributed by atoms with Crippen LogP contribution in [0.5, 0.6) is 0 Å². The standard InChI is InChI=1S/C8H6Cl2N4O/c9-6-4-5(7(10)14-13-6)8(15)12-3-1-2-11/h4H,1,3H2,(H,12,15). The molecule has 0 fully saturated rings. The van der Waals surface area contributed by atoms with Gasteiger partial charge in [0.2, 0.25) is 0 Å². The lowest BCUT2D eigenvalue weighted by Crippen LogP contribution is -2.24. The van der Waals surface area contributed by atoms with E-state index in [-0.39, 0.29) is 28.8 Å². The van der Waals surface area contributed by atoms with Crippen LogP contribution in [0.15, 0.2) is 6.07 Å². The van der Waals surface area contributed by atoms with Crippen molar-refractivity contribution in [3.63, 3.8) is 0 Å². The Hall–Kier alpha value is -1.38. The second-order valence-electron chi connectivity index (χ2n) is 2.54. The molecule has 0 aliphatic heterocycles. The fourth-order valence-corrected chi connectivity index (χ4v) is 1.16. The van der Waals surface area contributed by atoms with Crippen LogP contribution in [-0.4, -0.2) is 22.6 Å².